The van der Waals surface area contributed by atoms with Gasteiger partial charge in [0.1, 0.15) is 0 Å². The molecule has 0 unspecified atom stereocenters. The predicted molar refractivity (Wildman–Crippen MR) is 582 cm³/mol. The third-order valence-electron chi connectivity index (χ3n) is 26.7. The zero-order valence-corrected chi connectivity index (χ0v) is 76.7. The molecule has 0 atom stereocenters. The molecule has 660 valence electrons. The van der Waals surface area contributed by atoms with E-state index in [2.05, 4.69) is 477 Å². The summed E-state index contributed by atoms with van der Waals surface area (Å²) in [6.07, 6.45) is 0. The van der Waals surface area contributed by atoms with Crippen LogP contribution in [0, 0.1) is 0 Å². The lowest BCUT2D eigenvalue weighted by atomic mass is 9.80. The molecule has 140 heavy (non-hydrogen) atoms. The Bertz CT molecular complexity index is 8960. The van der Waals surface area contributed by atoms with Crippen LogP contribution in [0.5, 0.6) is 0 Å². The van der Waals surface area contributed by atoms with E-state index in [-0.39, 0.29) is 5.28 Å². The quantitative estimate of drug-likeness (QED) is 0.0736. The van der Waals surface area contributed by atoms with Gasteiger partial charge in [-0.25, -0.2) is 19.9 Å². The number of aromatic nitrogens is 8. The number of para-hydroxylation sites is 8. The van der Waals surface area contributed by atoms with Gasteiger partial charge in [-0.3, -0.25) is 0 Å². The Morgan fingerprint density at radius 3 is 0.643 bits per heavy atom. The Hall–Kier alpha value is -18.0. The van der Waals surface area contributed by atoms with E-state index >= 15 is 0 Å². The van der Waals surface area contributed by atoms with Crippen molar-refractivity contribution in [1.82, 2.24) is 38.2 Å². The highest BCUT2D eigenvalue weighted by Crippen LogP contribution is 2.42. The van der Waals surface area contributed by atoms with Crippen LogP contribution in [0.2, 0.25) is 5.28 Å². The normalized spacial score (nSPS) is 11.4. The van der Waals surface area contributed by atoms with Crippen LogP contribution < -0.4 is 5.46 Å². The summed E-state index contributed by atoms with van der Waals surface area (Å²) in [6.45, 7) is 0. The van der Waals surface area contributed by atoms with Crippen molar-refractivity contribution in [3.63, 3.8) is 0 Å². The number of halogens is 1. The third-order valence-corrected chi connectivity index (χ3v) is 26.9. The van der Waals surface area contributed by atoms with Crippen LogP contribution in [-0.4, -0.2) is 55.4 Å². The molecule has 0 spiro atoms. The molecule has 10 nitrogen and oxygen atoms in total. The number of benzene rings is 20. The van der Waals surface area contributed by atoms with Crippen LogP contribution in [0.3, 0.4) is 0 Å². The maximum atomic E-state index is 9.42. The van der Waals surface area contributed by atoms with E-state index in [1.807, 2.05) is 54.6 Å². The molecule has 0 fully saturated rings. The van der Waals surface area contributed by atoms with Gasteiger partial charge in [-0.1, -0.05) is 388 Å². The van der Waals surface area contributed by atoms with Crippen molar-refractivity contribution in [2.75, 3.05) is 0 Å². The second kappa shape index (κ2) is 37.0. The lowest BCUT2D eigenvalue weighted by Gasteiger charge is -2.13. The summed E-state index contributed by atoms with van der Waals surface area (Å²) in [7, 11) is -1.46. The lowest BCUT2D eigenvalue weighted by Crippen LogP contribution is -2.29. The van der Waals surface area contributed by atoms with Crippen molar-refractivity contribution in [2.24, 2.45) is 0 Å². The van der Waals surface area contributed by atoms with E-state index < -0.39 is 7.12 Å². The van der Waals surface area contributed by atoms with Gasteiger partial charge in [0.15, 0.2) is 5.82 Å². The van der Waals surface area contributed by atoms with Crippen LogP contribution in [-0.2, 0) is 0 Å². The molecule has 26 rings (SSSR count). The van der Waals surface area contributed by atoms with E-state index in [0.717, 1.165) is 129 Å². The lowest BCUT2D eigenvalue weighted by molar-refractivity contribution is 0.425. The maximum Gasteiger partial charge on any atom is 0.488 e. The molecule has 0 aliphatic rings. The molecule has 20 aromatic carbocycles. The SMILES string of the molecule is Clc1nc(-c2ccc(-c3cccc(-c4ccccc4)c3)cc2)cc(-c2ccc(-c3cccc(-n4c5ccccc5c5ccccc54)c3)cc2)n1.OB(O)c1cccc(-n2c3ccccc3c3ccccc32)c1.c1ccc(-c2cccc(-c3ccc(-c4cc(-c5ccc(-c6cccc(-n7c8ccccc8c8ccccc87)c6)cc5)nc(-c5cccc(-n6c7ccccc7c7ccccc76)c5)n4)cc3)c2)cc1. The Labute approximate surface area is 814 Å². The summed E-state index contributed by atoms with van der Waals surface area (Å²) >= 11 is 6.50. The van der Waals surface area contributed by atoms with Gasteiger partial charge in [-0.05, 0) is 205 Å². The topological polar surface area (TPSA) is 112 Å². The minimum atomic E-state index is -1.46. The molecule has 0 radical (unpaired) electrons. The molecule has 0 saturated heterocycles. The fourth-order valence-electron chi connectivity index (χ4n) is 20.0. The van der Waals surface area contributed by atoms with Crippen LogP contribution in [0.15, 0.2) is 510 Å². The second-order valence-electron chi connectivity index (χ2n) is 35.2. The molecule has 0 aliphatic carbocycles. The first-order valence-electron chi connectivity index (χ1n) is 47.0. The average Bonchev–Trinajstić information content (AvgIpc) is 1.61. The first-order valence-corrected chi connectivity index (χ1v) is 47.4. The van der Waals surface area contributed by atoms with Crippen LogP contribution in [0.1, 0.15) is 0 Å². The number of rotatable bonds is 16. The van der Waals surface area contributed by atoms with E-state index in [9.17, 15) is 10.0 Å². The highest BCUT2D eigenvalue weighted by molar-refractivity contribution is 6.58. The minimum absolute atomic E-state index is 0.222. The Morgan fingerprint density at radius 2 is 0.364 bits per heavy atom. The summed E-state index contributed by atoms with van der Waals surface area (Å²) < 4.78 is 9.22. The summed E-state index contributed by atoms with van der Waals surface area (Å²) in [5.41, 5.74) is 36.3. The molecule has 26 aromatic rings. The molecule has 0 aliphatic heterocycles. The van der Waals surface area contributed by atoms with Crippen molar-refractivity contribution >= 4 is 111 Å². The summed E-state index contributed by atoms with van der Waals surface area (Å²) in [6, 6.07) is 179. The number of hydrogen-bond donors (Lipinski definition) is 2. The highest BCUT2D eigenvalue weighted by atomic mass is 35.5. The predicted octanol–water partition coefficient (Wildman–Crippen LogP) is 31.7. The van der Waals surface area contributed by atoms with Gasteiger partial charge in [0.2, 0.25) is 5.28 Å². The van der Waals surface area contributed by atoms with Crippen molar-refractivity contribution in [3.05, 3.63) is 515 Å². The molecule has 2 N–H and O–H groups in total. The Kier molecular flexibility index (Phi) is 22.5. The van der Waals surface area contributed by atoms with Gasteiger partial charge in [0.05, 0.1) is 66.9 Å². The molecule has 0 amide bonds. The monoisotopic (exact) mass is 1810 g/mol. The van der Waals surface area contributed by atoms with E-state index in [1.165, 1.54) is 98.5 Å². The highest BCUT2D eigenvalue weighted by Gasteiger charge is 2.22. The Balaban J connectivity index is 0.000000128. The van der Waals surface area contributed by atoms with Gasteiger partial charge in [-0.2, -0.15) is 0 Å². The van der Waals surface area contributed by atoms with Crippen molar-refractivity contribution < 1.29 is 10.0 Å². The average molecular weight is 1810 g/mol. The van der Waals surface area contributed by atoms with E-state index in [0.29, 0.717) is 11.3 Å². The first-order chi connectivity index (χ1) is 69.1. The summed E-state index contributed by atoms with van der Waals surface area (Å²) in [4.78, 5) is 19.8. The van der Waals surface area contributed by atoms with Gasteiger partial charge in [-0.15, -0.1) is 0 Å². The van der Waals surface area contributed by atoms with Crippen LogP contribution in [0.4, 0.5) is 0 Å². The van der Waals surface area contributed by atoms with E-state index in [1.54, 1.807) is 6.07 Å². The van der Waals surface area contributed by atoms with Crippen LogP contribution in [0.25, 0.3) is 233 Å². The summed E-state index contributed by atoms with van der Waals surface area (Å²) in [5, 5.41) is 28.9. The maximum absolute atomic E-state index is 9.42. The molecule has 6 aromatic heterocycles. The van der Waals surface area contributed by atoms with Gasteiger partial charge in [0, 0.05) is 93.7 Å². The Morgan fingerprint density at radius 1 is 0.164 bits per heavy atom. The zero-order chi connectivity index (χ0) is 93.5. The fourth-order valence-corrected chi connectivity index (χ4v) is 20.2. The van der Waals surface area contributed by atoms with Crippen molar-refractivity contribution in [2.45, 2.75) is 0 Å². The zero-order valence-electron chi connectivity index (χ0n) is 75.9. The molecule has 0 saturated carbocycles. The van der Waals surface area contributed by atoms with E-state index in [4.69, 9.17) is 21.6 Å². The smallest absolute Gasteiger partial charge is 0.423 e. The fraction of sp³-hybridized carbons (Fsp3) is 0. The molecule has 6 heterocycles. The van der Waals surface area contributed by atoms with Gasteiger partial charge < -0.3 is 28.3 Å². The number of fused-ring (bicyclic) bond motifs is 12. The number of nitrogens with zero attached hydrogens (tertiary/aromatic N) is 8. The van der Waals surface area contributed by atoms with Crippen molar-refractivity contribution in [1.29, 1.82) is 0 Å². The second-order valence-corrected chi connectivity index (χ2v) is 35.5. The molecular formula is C128H86BClN8O2. The van der Waals surface area contributed by atoms with Crippen molar-refractivity contribution in [3.8, 4) is 146 Å². The molecule has 0 bridgehead atoms. The van der Waals surface area contributed by atoms with Gasteiger partial charge in [0.25, 0.3) is 0 Å². The number of hydrogen-bond acceptors (Lipinski definition) is 6. The minimum Gasteiger partial charge on any atom is -0.423 e. The van der Waals surface area contributed by atoms with Gasteiger partial charge >= 0.3 is 7.12 Å². The third kappa shape index (κ3) is 16.4. The van der Waals surface area contributed by atoms with Crippen LogP contribution >= 0.6 is 11.6 Å². The first kappa shape index (κ1) is 85.0. The summed E-state index contributed by atoms with van der Waals surface area (Å²) in [5.74, 6) is 0.669. The largest absolute Gasteiger partial charge is 0.488 e. The molecular weight excluding hydrogens is 1730 g/mol. The standard InChI is InChI=1S/C64H42N4.C46H30ClN3.C18H14BNO2/c1-2-15-43(16-3-1)48-17-12-18-49(39-48)44-31-35-46(36-32-44)58-42-59(66-64(65-58)51-20-14-22-53(41-51)68-62-29-10-6-25-56(62)57-26-7-11-30-63(57)68)47-37-33-45(34-38-47)50-19-13-21-52(40-50)67-60-27-8-4-23-54(60)55-24-5-9-28-61(55)67;47-46-48-42(34-24-20-32(21-25-34)37-13-8-12-36(28-37)31-10-2-1-3-11-31)30-43(49-46)35-26-22-33(23-27-35)38-14-9-15-39(29-38)50-44-18-6-4-16-40(44)41-17-5-7-19-45(41)50;21-19(22)13-6-5-7-14(12-13)20-17-10-3-1-8-15(17)16-9-2-4-11-18(16)20/h1-42H;1-30H;1-12,21-22H. The molecule has 12 heteroatoms.